The Hall–Kier alpha value is -6.10. The van der Waals surface area contributed by atoms with Crippen molar-refractivity contribution in [1.29, 1.82) is 0 Å². The molecule has 6 aromatic carbocycles. The zero-order chi connectivity index (χ0) is 33.5. The number of hydrogen-bond donors (Lipinski definition) is 1. The van der Waals surface area contributed by atoms with Gasteiger partial charge in [0.25, 0.3) is 0 Å². The predicted octanol–water partition coefficient (Wildman–Crippen LogP) is 9.98. The van der Waals surface area contributed by atoms with Crippen LogP contribution in [0.3, 0.4) is 0 Å². The van der Waals surface area contributed by atoms with Gasteiger partial charge < -0.3 is 18.8 Å². The molecule has 9 rings (SSSR count). The Bertz CT molecular complexity index is 2290. The van der Waals surface area contributed by atoms with Crippen LogP contribution in [0, 0.1) is 0 Å². The summed E-state index contributed by atoms with van der Waals surface area (Å²) in [6.45, 7) is 2.09. The lowest BCUT2D eigenvalue weighted by atomic mass is 9.80. The van der Waals surface area contributed by atoms with Crippen LogP contribution in [-0.4, -0.2) is 18.8 Å². The number of fused-ring (bicyclic) bond motifs is 3. The molecule has 0 bridgehead atoms. The minimum Gasteiger partial charge on any atom is -0.376 e. The molecule has 0 amide bonds. The van der Waals surface area contributed by atoms with Crippen LogP contribution in [0.1, 0.15) is 33.4 Å². The second-order valence-corrected chi connectivity index (χ2v) is 13.2. The minimum absolute atomic E-state index is 0.697. The second kappa shape index (κ2) is 12.4. The first-order chi connectivity index (χ1) is 24.7. The van der Waals surface area contributed by atoms with E-state index in [2.05, 4.69) is 196 Å². The molecule has 4 nitrogen and oxygen atoms in total. The molecule has 50 heavy (non-hydrogen) atoms. The number of aromatic nitrogens is 3. The highest BCUT2D eigenvalue weighted by Gasteiger charge is 2.41. The van der Waals surface area contributed by atoms with Gasteiger partial charge in [0.05, 0.1) is 0 Å². The van der Waals surface area contributed by atoms with E-state index in [-0.39, 0.29) is 0 Å². The van der Waals surface area contributed by atoms with Crippen LogP contribution in [0.4, 0.5) is 0 Å². The van der Waals surface area contributed by atoms with Crippen molar-refractivity contribution in [3.63, 3.8) is 0 Å². The van der Waals surface area contributed by atoms with Crippen LogP contribution < -0.4 is 0 Å². The monoisotopic (exact) mass is 647 g/mol. The molecule has 0 atom stereocenters. The molecule has 9 aromatic rings. The lowest BCUT2D eigenvalue weighted by molar-refractivity contribution is 0.130. The van der Waals surface area contributed by atoms with Crippen molar-refractivity contribution in [3.8, 4) is 0 Å². The van der Waals surface area contributed by atoms with Crippen molar-refractivity contribution in [3.05, 3.63) is 216 Å². The summed E-state index contributed by atoms with van der Waals surface area (Å²) in [5.41, 5.74) is 8.01. The van der Waals surface area contributed by atoms with Gasteiger partial charge in [0.2, 0.25) is 0 Å². The Morgan fingerprint density at radius 3 is 0.900 bits per heavy atom. The van der Waals surface area contributed by atoms with Crippen molar-refractivity contribution < 1.29 is 5.11 Å². The highest BCUT2D eigenvalue weighted by molar-refractivity contribution is 5.94. The molecule has 4 heteroatoms. The summed E-state index contributed by atoms with van der Waals surface area (Å²) in [6.07, 6.45) is 6.55. The molecule has 242 valence electrons. The van der Waals surface area contributed by atoms with Crippen LogP contribution in [0.25, 0.3) is 32.7 Å². The van der Waals surface area contributed by atoms with Gasteiger partial charge in [-0.05, 0) is 34.9 Å². The highest BCUT2D eigenvalue weighted by Crippen LogP contribution is 2.47. The van der Waals surface area contributed by atoms with Crippen molar-refractivity contribution in [2.24, 2.45) is 0 Å². The number of hydrogen-bond acceptors (Lipinski definition) is 1. The van der Waals surface area contributed by atoms with Crippen molar-refractivity contribution in [2.45, 2.75) is 25.2 Å². The van der Waals surface area contributed by atoms with Gasteiger partial charge in [-0.25, -0.2) is 0 Å². The first-order valence-electron chi connectivity index (χ1n) is 17.3. The van der Waals surface area contributed by atoms with Gasteiger partial charge in [0.1, 0.15) is 5.60 Å². The third kappa shape index (κ3) is 5.13. The van der Waals surface area contributed by atoms with E-state index >= 15 is 0 Å². The molecule has 3 heterocycles. The van der Waals surface area contributed by atoms with Gasteiger partial charge >= 0.3 is 0 Å². The Balaban J connectivity index is 1.33. The van der Waals surface area contributed by atoms with Gasteiger partial charge in [0, 0.05) is 87.6 Å². The highest BCUT2D eigenvalue weighted by atomic mass is 16.3. The van der Waals surface area contributed by atoms with E-state index in [1.807, 2.05) is 0 Å². The molecule has 0 aliphatic carbocycles. The summed E-state index contributed by atoms with van der Waals surface area (Å²) in [5, 5.41) is 17.1. The van der Waals surface area contributed by atoms with Gasteiger partial charge in [-0.3, -0.25) is 0 Å². The molecule has 0 radical (unpaired) electrons. The van der Waals surface area contributed by atoms with Crippen molar-refractivity contribution in [2.75, 3.05) is 0 Å². The number of rotatable bonds is 9. The summed E-state index contributed by atoms with van der Waals surface area (Å²) in [7, 11) is 0. The number of benzene rings is 6. The Morgan fingerprint density at radius 1 is 0.340 bits per heavy atom. The Kier molecular flexibility index (Phi) is 7.45. The Labute approximate surface area is 291 Å². The topological polar surface area (TPSA) is 35.0 Å². The molecule has 1 N–H and O–H groups in total. The van der Waals surface area contributed by atoms with E-state index in [1.54, 1.807) is 0 Å². The van der Waals surface area contributed by atoms with E-state index < -0.39 is 5.60 Å². The van der Waals surface area contributed by atoms with E-state index in [0.29, 0.717) is 19.6 Å². The average molecular weight is 648 g/mol. The lowest BCUT2D eigenvalue weighted by Crippen LogP contribution is -2.28. The lowest BCUT2D eigenvalue weighted by Gasteiger charge is -2.28. The van der Waals surface area contributed by atoms with E-state index in [0.717, 1.165) is 49.4 Å². The van der Waals surface area contributed by atoms with E-state index in [4.69, 9.17) is 0 Å². The fraction of sp³-hybridized carbons (Fsp3) is 0.0870. The summed E-state index contributed by atoms with van der Waals surface area (Å²) in [5.74, 6) is 0. The van der Waals surface area contributed by atoms with Crippen LogP contribution in [-0.2, 0) is 25.2 Å². The minimum atomic E-state index is -1.50. The smallest absolute Gasteiger partial charge is 0.146 e. The third-order valence-corrected chi connectivity index (χ3v) is 10.1. The standard InChI is InChI=1S/C46H37N3O/c50-46(40-31-47(28-34-16-4-1-5-17-34)43-25-13-10-22-37(40)43,41-32-48(29-35-18-6-2-7-19-35)44-26-14-11-23-38(41)44)42-33-49(30-36-20-8-3-9-21-36)45-27-15-12-24-39(42)45/h1-27,31-33,50H,28-30H2. The molecule has 0 aliphatic rings. The van der Waals surface area contributed by atoms with E-state index in [1.165, 1.54) is 16.7 Å². The predicted molar refractivity (Wildman–Crippen MR) is 205 cm³/mol. The van der Waals surface area contributed by atoms with Crippen LogP contribution in [0.5, 0.6) is 0 Å². The molecule has 0 saturated heterocycles. The summed E-state index contributed by atoms with van der Waals surface area (Å²) >= 11 is 0. The quantitative estimate of drug-likeness (QED) is 0.166. The van der Waals surface area contributed by atoms with Gasteiger partial charge in [0.15, 0.2) is 0 Å². The normalized spacial score (nSPS) is 11.9. The zero-order valence-electron chi connectivity index (χ0n) is 27.7. The third-order valence-electron chi connectivity index (χ3n) is 10.1. The van der Waals surface area contributed by atoms with Crippen LogP contribution >= 0.6 is 0 Å². The summed E-state index contributed by atoms with van der Waals surface area (Å²) < 4.78 is 6.87. The summed E-state index contributed by atoms with van der Waals surface area (Å²) in [6, 6.07) is 57.1. The van der Waals surface area contributed by atoms with Crippen molar-refractivity contribution >= 4 is 32.7 Å². The van der Waals surface area contributed by atoms with Gasteiger partial charge in [-0.1, -0.05) is 146 Å². The average Bonchev–Trinajstić information content (AvgIpc) is 3.85. The fourth-order valence-electron chi connectivity index (χ4n) is 7.77. The SMILES string of the molecule is OC(c1cn(Cc2ccccc2)c2ccccc12)(c1cn(Cc2ccccc2)c2ccccc12)c1cn(Cc2ccccc2)c2ccccc12. The first kappa shape index (κ1) is 30.0. The van der Waals surface area contributed by atoms with Crippen LogP contribution in [0.2, 0.25) is 0 Å². The zero-order valence-corrected chi connectivity index (χ0v) is 27.7. The molecule has 0 aliphatic heterocycles. The largest absolute Gasteiger partial charge is 0.376 e. The number of para-hydroxylation sites is 3. The maximum Gasteiger partial charge on any atom is 0.146 e. The molecule has 0 unspecified atom stereocenters. The molecule has 0 fully saturated rings. The molecule has 0 saturated carbocycles. The van der Waals surface area contributed by atoms with Gasteiger partial charge in [-0.15, -0.1) is 0 Å². The molecule has 3 aromatic heterocycles. The molecule has 0 spiro atoms. The fourth-order valence-corrected chi connectivity index (χ4v) is 7.77. The summed E-state index contributed by atoms with van der Waals surface area (Å²) in [4.78, 5) is 0. The Morgan fingerprint density at radius 2 is 0.600 bits per heavy atom. The second-order valence-electron chi connectivity index (χ2n) is 13.2. The first-order valence-corrected chi connectivity index (χ1v) is 17.3. The molecular weight excluding hydrogens is 611 g/mol. The molecular formula is C46H37N3O. The maximum absolute atomic E-state index is 14.0. The van der Waals surface area contributed by atoms with Crippen molar-refractivity contribution in [1.82, 2.24) is 13.7 Å². The number of nitrogens with zero attached hydrogens (tertiary/aromatic N) is 3. The maximum atomic E-state index is 14.0. The number of aliphatic hydroxyl groups is 1. The van der Waals surface area contributed by atoms with Crippen LogP contribution in [0.15, 0.2) is 182 Å². The van der Waals surface area contributed by atoms with E-state index in [9.17, 15) is 5.11 Å². The van der Waals surface area contributed by atoms with Gasteiger partial charge in [-0.2, -0.15) is 0 Å².